The van der Waals surface area contributed by atoms with Crippen LogP contribution >= 0.6 is 0 Å². The molecule has 0 unspecified atom stereocenters. The third-order valence-corrected chi connectivity index (χ3v) is 8.93. The number of hydrogen-bond acceptors (Lipinski definition) is 5. The molecular formula is C30H28N2O5. The zero-order chi connectivity index (χ0) is 25.6. The first-order valence-electron chi connectivity index (χ1n) is 13.1. The molecule has 2 aromatic rings. The van der Waals surface area contributed by atoms with Crippen molar-refractivity contribution in [3.8, 4) is 5.75 Å². The summed E-state index contributed by atoms with van der Waals surface area (Å²) in [6.45, 7) is 4.21. The molecule has 4 aliphatic carbocycles. The van der Waals surface area contributed by atoms with Crippen LogP contribution in [0.15, 0.2) is 54.6 Å². The molecule has 7 nitrogen and oxygen atoms in total. The maximum absolute atomic E-state index is 13.4. The lowest BCUT2D eigenvalue weighted by molar-refractivity contribution is -0.139. The lowest BCUT2D eigenvalue weighted by Crippen LogP contribution is -2.40. The van der Waals surface area contributed by atoms with Gasteiger partial charge in [-0.25, -0.2) is 4.90 Å². The first kappa shape index (κ1) is 22.5. The van der Waals surface area contributed by atoms with Gasteiger partial charge in [-0.3, -0.25) is 19.2 Å². The Kier molecular flexibility index (Phi) is 4.78. The number of aryl methyl sites for hydroxylation is 2. The molecule has 3 amide bonds. The molecule has 2 aromatic carbocycles. The summed E-state index contributed by atoms with van der Waals surface area (Å²) < 4.78 is 5.67. The van der Waals surface area contributed by atoms with E-state index in [0.29, 0.717) is 17.5 Å². The van der Waals surface area contributed by atoms with Gasteiger partial charge in [-0.1, -0.05) is 24.3 Å². The largest absolute Gasteiger partial charge is 0.426 e. The average Bonchev–Trinajstić information content (AvgIpc) is 3.53. The summed E-state index contributed by atoms with van der Waals surface area (Å²) in [6.07, 6.45) is 5.50. The molecule has 37 heavy (non-hydrogen) atoms. The predicted octanol–water partition coefficient (Wildman–Crippen LogP) is 3.82. The number of carbonyl (C=O) groups excluding carboxylic acids is 4. The van der Waals surface area contributed by atoms with Gasteiger partial charge in [0.15, 0.2) is 0 Å². The third-order valence-electron chi connectivity index (χ3n) is 8.93. The van der Waals surface area contributed by atoms with Crippen LogP contribution in [-0.4, -0.2) is 30.2 Å². The van der Waals surface area contributed by atoms with Gasteiger partial charge in [0.05, 0.1) is 23.4 Å². The summed E-state index contributed by atoms with van der Waals surface area (Å²) in [5, 5.41) is 0. The van der Waals surface area contributed by atoms with Crippen molar-refractivity contribution in [1.29, 1.82) is 0 Å². The Morgan fingerprint density at radius 1 is 0.865 bits per heavy atom. The molecule has 188 valence electrons. The predicted molar refractivity (Wildman–Crippen MR) is 136 cm³/mol. The van der Waals surface area contributed by atoms with Crippen LogP contribution in [0.2, 0.25) is 0 Å². The number of hydrogen-bond donors (Lipinski definition) is 0. The third kappa shape index (κ3) is 3.40. The first-order valence-corrected chi connectivity index (χ1v) is 13.1. The van der Waals surface area contributed by atoms with Gasteiger partial charge in [-0.05, 0) is 79.3 Å². The number of nitrogens with zero attached hydrogens (tertiary/aromatic N) is 2. The number of imide groups is 1. The second kappa shape index (κ2) is 7.88. The van der Waals surface area contributed by atoms with Crippen LogP contribution < -0.4 is 14.5 Å². The summed E-state index contributed by atoms with van der Waals surface area (Å²) in [7, 11) is 0. The lowest BCUT2D eigenvalue weighted by Gasteiger charge is -2.37. The summed E-state index contributed by atoms with van der Waals surface area (Å²) >= 11 is 0. The van der Waals surface area contributed by atoms with Crippen molar-refractivity contribution in [2.24, 2.45) is 41.4 Å². The van der Waals surface area contributed by atoms with E-state index in [4.69, 9.17) is 4.74 Å². The highest BCUT2D eigenvalue weighted by Crippen LogP contribution is 2.65. The molecule has 8 rings (SSSR count). The Balaban J connectivity index is 1.08. The van der Waals surface area contributed by atoms with Crippen molar-refractivity contribution < 1.29 is 23.9 Å². The van der Waals surface area contributed by atoms with Crippen molar-refractivity contribution in [1.82, 2.24) is 0 Å². The van der Waals surface area contributed by atoms with Gasteiger partial charge in [0, 0.05) is 24.7 Å². The molecule has 4 fully saturated rings. The van der Waals surface area contributed by atoms with Crippen LogP contribution in [-0.2, 0) is 19.2 Å². The van der Waals surface area contributed by atoms with Crippen LogP contribution in [0.3, 0.4) is 0 Å². The topological polar surface area (TPSA) is 84.0 Å². The van der Waals surface area contributed by atoms with Gasteiger partial charge in [-0.15, -0.1) is 0 Å². The lowest BCUT2D eigenvalue weighted by atomic mass is 9.63. The number of esters is 1. The Morgan fingerprint density at radius 3 is 2.16 bits per heavy atom. The maximum Gasteiger partial charge on any atom is 0.316 e. The summed E-state index contributed by atoms with van der Waals surface area (Å²) in [5.41, 5.74) is 3.32. The van der Waals surface area contributed by atoms with Crippen LogP contribution in [0.1, 0.15) is 24.0 Å². The Labute approximate surface area is 215 Å². The van der Waals surface area contributed by atoms with Gasteiger partial charge in [0.2, 0.25) is 17.7 Å². The number of benzene rings is 2. The average molecular weight is 497 g/mol. The molecule has 7 heteroatoms. The van der Waals surface area contributed by atoms with E-state index in [2.05, 4.69) is 12.2 Å². The summed E-state index contributed by atoms with van der Waals surface area (Å²) in [5.74, 6) is -0.396. The molecule has 0 aromatic heterocycles. The molecule has 2 saturated carbocycles. The molecule has 0 spiro atoms. The van der Waals surface area contributed by atoms with Crippen LogP contribution in [0.25, 0.3) is 0 Å². The van der Waals surface area contributed by atoms with E-state index in [0.717, 1.165) is 23.2 Å². The van der Waals surface area contributed by atoms with Crippen molar-refractivity contribution >= 4 is 35.1 Å². The number of carbonyl (C=O) groups is 4. The van der Waals surface area contributed by atoms with Crippen molar-refractivity contribution in [3.63, 3.8) is 0 Å². The Hall–Kier alpha value is -3.74. The number of anilines is 2. The fourth-order valence-electron chi connectivity index (χ4n) is 7.32. The van der Waals surface area contributed by atoms with E-state index in [1.807, 2.05) is 32.0 Å². The first-order chi connectivity index (χ1) is 17.8. The Morgan fingerprint density at radius 2 is 1.51 bits per heavy atom. The molecule has 0 N–H and O–H groups in total. The SMILES string of the molecule is Cc1cc(C)cc(N2C[C@@H](C(=O)Oc3cccc(N4C(=O)[C@@H]5[C@@H]6C=C[C@H]([C@H]7C[C@@H]67)[C@@H]5C4=O)c3)CC2=O)c1. The fourth-order valence-corrected chi connectivity index (χ4v) is 7.32. The van der Waals surface area contributed by atoms with Gasteiger partial charge < -0.3 is 9.64 Å². The molecule has 6 aliphatic rings. The van der Waals surface area contributed by atoms with Gasteiger partial charge in [0.25, 0.3) is 0 Å². The number of allylic oxidation sites excluding steroid dienone is 2. The minimum atomic E-state index is -0.594. The minimum absolute atomic E-state index is 0.0794. The maximum atomic E-state index is 13.4. The van der Waals surface area contributed by atoms with E-state index in [1.165, 1.54) is 4.90 Å². The molecule has 2 heterocycles. The van der Waals surface area contributed by atoms with Crippen LogP contribution in [0.5, 0.6) is 5.75 Å². The molecule has 2 bridgehead atoms. The molecule has 7 atom stereocenters. The standard InChI is InChI=1S/C30H28N2O5/c1-15-8-16(2)10-19(9-15)31-14-17(11-25(31)33)30(36)37-20-5-3-4-18(12-20)32-28(34)26-21-6-7-22(24-13-23(21)24)27(26)29(32)35/h3-10,12,17,21-24,26-27H,11,13-14H2,1-2H3/t17-,21+,22+,23-,24+,26+,27-/m0/s1. The van der Waals surface area contributed by atoms with E-state index in [1.54, 1.807) is 29.2 Å². The van der Waals surface area contributed by atoms with Crippen molar-refractivity contribution in [2.75, 3.05) is 16.3 Å². The number of amides is 3. The van der Waals surface area contributed by atoms with Crippen molar-refractivity contribution in [3.05, 3.63) is 65.7 Å². The summed E-state index contributed by atoms with van der Waals surface area (Å²) in [4.78, 5) is 55.5. The monoisotopic (exact) mass is 496 g/mol. The van der Waals surface area contributed by atoms with Gasteiger partial charge in [0.1, 0.15) is 5.75 Å². The second-order valence-corrected chi connectivity index (χ2v) is 11.3. The number of ether oxygens (including phenoxy) is 1. The highest BCUT2D eigenvalue weighted by atomic mass is 16.5. The van der Waals surface area contributed by atoms with Gasteiger partial charge >= 0.3 is 5.97 Å². The molecule has 0 radical (unpaired) electrons. The highest BCUT2D eigenvalue weighted by molar-refractivity contribution is 6.22. The molecular weight excluding hydrogens is 468 g/mol. The molecule has 2 aliphatic heterocycles. The smallest absolute Gasteiger partial charge is 0.316 e. The van der Waals surface area contributed by atoms with Crippen LogP contribution in [0, 0.1) is 55.3 Å². The molecule has 2 saturated heterocycles. The zero-order valence-corrected chi connectivity index (χ0v) is 20.8. The second-order valence-electron chi connectivity index (χ2n) is 11.3. The quantitative estimate of drug-likeness (QED) is 0.278. The number of rotatable bonds is 4. The van der Waals surface area contributed by atoms with Crippen molar-refractivity contribution in [2.45, 2.75) is 26.7 Å². The Bertz CT molecular complexity index is 1360. The minimum Gasteiger partial charge on any atom is -0.426 e. The van der Waals surface area contributed by atoms with E-state index in [-0.39, 0.29) is 60.1 Å². The normalized spacial score (nSPS) is 33.1. The van der Waals surface area contributed by atoms with E-state index < -0.39 is 11.9 Å². The van der Waals surface area contributed by atoms with Gasteiger partial charge in [-0.2, -0.15) is 0 Å². The van der Waals surface area contributed by atoms with E-state index in [9.17, 15) is 19.2 Å². The fraction of sp³-hybridized carbons (Fsp3) is 0.400. The highest BCUT2D eigenvalue weighted by Gasteiger charge is 2.67. The zero-order valence-electron chi connectivity index (χ0n) is 20.8. The van der Waals surface area contributed by atoms with Crippen LogP contribution in [0.4, 0.5) is 11.4 Å². The summed E-state index contributed by atoms with van der Waals surface area (Å²) in [6, 6.07) is 12.5. The van der Waals surface area contributed by atoms with E-state index >= 15 is 0 Å².